The summed E-state index contributed by atoms with van der Waals surface area (Å²) in [5.74, 6) is -0.142. The summed E-state index contributed by atoms with van der Waals surface area (Å²) in [5, 5.41) is 0. The Hall–Kier alpha value is -0.890. The molecule has 2 N–H and O–H groups in total. The third-order valence-corrected chi connectivity index (χ3v) is 2.06. The number of hydrogen-bond donors (Lipinski definition) is 1. The minimum atomic E-state index is -0.142. The van der Waals surface area contributed by atoms with Gasteiger partial charge in [-0.3, -0.25) is 0 Å². The van der Waals surface area contributed by atoms with Crippen molar-refractivity contribution in [2.45, 2.75) is 25.7 Å². The highest BCUT2D eigenvalue weighted by Gasteiger charge is 1.94. The van der Waals surface area contributed by atoms with Crippen molar-refractivity contribution < 1.29 is 4.39 Å². The molecule has 0 spiro atoms. The van der Waals surface area contributed by atoms with Crippen LogP contribution >= 0.6 is 0 Å². The standard InChI is InChI=1S/C11H16FN/c12-11-7-4-6-10(9-11)5-2-1-3-8-13/h4,6-7,9H,1-3,5,8,13H2. The molecule has 0 unspecified atom stereocenters. The number of aryl methyl sites for hydroxylation is 1. The maximum Gasteiger partial charge on any atom is 0.123 e. The van der Waals surface area contributed by atoms with Crippen molar-refractivity contribution in [3.63, 3.8) is 0 Å². The molecule has 0 radical (unpaired) electrons. The molecule has 0 amide bonds. The molecular formula is C11H16FN. The van der Waals surface area contributed by atoms with Gasteiger partial charge in [0.15, 0.2) is 0 Å². The van der Waals surface area contributed by atoms with Crippen molar-refractivity contribution in [3.8, 4) is 0 Å². The van der Waals surface area contributed by atoms with Gasteiger partial charge < -0.3 is 5.73 Å². The highest BCUT2D eigenvalue weighted by molar-refractivity contribution is 5.16. The van der Waals surface area contributed by atoms with Gasteiger partial charge in [0.2, 0.25) is 0 Å². The van der Waals surface area contributed by atoms with Crippen LogP contribution in [0.3, 0.4) is 0 Å². The van der Waals surface area contributed by atoms with Crippen LogP contribution in [0.2, 0.25) is 0 Å². The third kappa shape index (κ3) is 4.04. The van der Waals surface area contributed by atoms with Crippen molar-refractivity contribution >= 4 is 0 Å². The largest absolute Gasteiger partial charge is 0.330 e. The van der Waals surface area contributed by atoms with Crippen LogP contribution in [-0.4, -0.2) is 6.54 Å². The Labute approximate surface area is 78.8 Å². The molecule has 0 bridgehead atoms. The Kier molecular flexibility index (Phi) is 4.47. The summed E-state index contributed by atoms with van der Waals surface area (Å²) in [7, 11) is 0. The monoisotopic (exact) mass is 181 g/mol. The van der Waals surface area contributed by atoms with Gasteiger partial charge in [0, 0.05) is 0 Å². The molecule has 0 aliphatic carbocycles. The first-order valence-corrected chi connectivity index (χ1v) is 4.77. The third-order valence-electron chi connectivity index (χ3n) is 2.06. The zero-order valence-corrected chi connectivity index (χ0v) is 7.80. The van der Waals surface area contributed by atoms with Crippen LogP contribution in [0.5, 0.6) is 0 Å². The highest BCUT2D eigenvalue weighted by atomic mass is 19.1. The van der Waals surface area contributed by atoms with Crippen molar-refractivity contribution in [2.75, 3.05) is 6.54 Å². The van der Waals surface area contributed by atoms with Crippen LogP contribution in [0.15, 0.2) is 24.3 Å². The number of halogens is 1. The molecular weight excluding hydrogens is 165 g/mol. The summed E-state index contributed by atoms with van der Waals surface area (Å²) in [6.45, 7) is 0.753. The average molecular weight is 181 g/mol. The Morgan fingerprint density at radius 3 is 2.69 bits per heavy atom. The maximum atomic E-state index is 12.7. The average Bonchev–Trinajstić information content (AvgIpc) is 2.13. The Morgan fingerprint density at radius 1 is 1.15 bits per heavy atom. The lowest BCUT2D eigenvalue weighted by atomic mass is 10.1. The van der Waals surface area contributed by atoms with E-state index in [1.54, 1.807) is 12.1 Å². The fraction of sp³-hybridized carbons (Fsp3) is 0.455. The molecule has 1 rings (SSSR count). The van der Waals surface area contributed by atoms with Gasteiger partial charge in [-0.15, -0.1) is 0 Å². The molecule has 0 aromatic heterocycles. The molecule has 0 heterocycles. The van der Waals surface area contributed by atoms with Crippen molar-refractivity contribution in [1.82, 2.24) is 0 Å². The summed E-state index contributed by atoms with van der Waals surface area (Å²) >= 11 is 0. The highest BCUT2D eigenvalue weighted by Crippen LogP contribution is 2.08. The van der Waals surface area contributed by atoms with E-state index in [4.69, 9.17) is 5.73 Å². The van der Waals surface area contributed by atoms with E-state index in [0.717, 1.165) is 37.8 Å². The van der Waals surface area contributed by atoms with Gasteiger partial charge in [0.1, 0.15) is 5.82 Å². The second-order valence-corrected chi connectivity index (χ2v) is 3.23. The van der Waals surface area contributed by atoms with Gasteiger partial charge in [-0.05, 0) is 43.5 Å². The molecule has 72 valence electrons. The first-order valence-electron chi connectivity index (χ1n) is 4.77. The summed E-state index contributed by atoms with van der Waals surface area (Å²) < 4.78 is 12.7. The van der Waals surface area contributed by atoms with Crippen molar-refractivity contribution in [2.24, 2.45) is 5.73 Å². The second-order valence-electron chi connectivity index (χ2n) is 3.23. The summed E-state index contributed by atoms with van der Waals surface area (Å²) in [6.07, 6.45) is 4.25. The molecule has 0 saturated carbocycles. The molecule has 0 aliphatic heterocycles. The van der Waals surface area contributed by atoms with E-state index in [1.807, 2.05) is 6.07 Å². The van der Waals surface area contributed by atoms with Crippen LogP contribution in [0.4, 0.5) is 4.39 Å². The molecule has 13 heavy (non-hydrogen) atoms. The molecule has 1 aromatic rings. The van der Waals surface area contributed by atoms with E-state index in [-0.39, 0.29) is 5.82 Å². The first-order chi connectivity index (χ1) is 6.33. The Bertz CT molecular complexity index is 248. The van der Waals surface area contributed by atoms with Crippen LogP contribution in [0, 0.1) is 5.82 Å². The fourth-order valence-corrected chi connectivity index (χ4v) is 1.34. The lowest BCUT2D eigenvalue weighted by Crippen LogP contribution is -1.98. The lowest BCUT2D eigenvalue weighted by molar-refractivity contribution is 0.622. The fourth-order valence-electron chi connectivity index (χ4n) is 1.34. The Balaban J connectivity index is 2.28. The number of rotatable bonds is 5. The Morgan fingerprint density at radius 2 is 2.00 bits per heavy atom. The zero-order valence-electron chi connectivity index (χ0n) is 7.80. The maximum absolute atomic E-state index is 12.7. The normalized spacial score (nSPS) is 10.3. The summed E-state index contributed by atoms with van der Waals surface area (Å²) in [5.41, 5.74) is 6.45. The van der Waals surface area contributed by atoms with E-state index < -0.39 is 0 Å². The van der Waals surface area contributed by atoms with Gasteiger partial charge in [-0.25, -0.2) is 4.39 Å². The minimum Gasteiger partial charge on any atom is -0.330 e. The number of hydrogen-bond acceptors (Lipinski definition) is 1. The molecule has 0 aliphatic rings. The van der Waals surface area contributed by atoms with Crippen LogP contribution < -0.4 is 5.73 Å². The number of nitrogens with two attached hydrogens (primary N) is 1. The predicted molar refractivity (Wildman–Crippen MR) is 53.0 cm³/mol. The predicted octanol–water partition coefficient (Wildman–Crippen LogP) is 2.50. The van der Waals surface area contributed by atoms with Gasteiger partial charge in [0.05, 0.1) is 0 Å². The quantitative estimate of drug-likeness (QED) is 0.694. The van der Waals surface area contributed by atoms with Crippen LogP contribution in [0.25, 0.3) is 0 Å². The van der Waals surface area contributed by atoms with Crippen molar-refractivity contribution in [1.29, 1.82) is 0 Å². The molecule has 2 heteroatoms. The van der Waals surface area contributed by atoms with Crippen LogP contribution in [-0.2, 0) is 6.42 Å². The number of benzene rings is 1. The summed E-state index contributed by atoms with van der Waals surface area (Å²) in [4.78, 5) is 0. The molecule has 0 atom stereocenters. The minimum absolute atomic E-state index is 0.142. The van der Waals surface area contributed by atoms with Crippen LogP contribution in [0.1, 0.15) is 24.8 Å². The number of unbranched alkanes of at least 4 members (excludes halogenated alkanes) is 2. The first kappa shape index (κ1) is 10.2. The van der Waals surface area contributed by atoms with E-state index in [1.165, 1.54) is 6.07 Å². The van der Waals surface area contributed by atoms with Gasteiger partial charge in [-0.2, -0.15) is 0 Å². The van der Waals surface area contributed by atoms with E-state index >= 15 is 0 Å². The smallest absolute Gasteiger partial charge is 0.123 e. The van der Waals surface area contributed by atoms with Crippen molar-refractivity contribution in [3.05, 3.63) is 35.6 Å². The van der Waals surface area contributed by atoms with E-state index in [0.29, 0.717) is 0 Å². The topological polar surface area (TPSA) is 26.0 Å². The van der Waals surface area contributed by atoms with E-state index in [9.17, 15) is 4.39 Å². The zero-order chi connectivity index (χ0) is 9.52. The SMILES string of the molecule is NCCCCCc1cccc(F)c1. The van der Waals surface area contributed by atoms with Gasteiger partial charge in [0.25, 0.3) is 0 Å². The molecule has 1 aromatic carbocycles. The van der Waals surface area contributed by atoms with Gasteiger partial charge >= 0.3 is 0 Å². The summed E-state index contributed by atoms with van der Waals surface area (Å²) in [6, 6.07) is 6.80. The molecule has 1 nitrogen and oxygen atoms in total. The lowest BCUT2D eigenvalue weighted by Gasteiger charge is -2.00. The van der Waals surface area contributed by atoms with Gasteiger partial charge in [-0.1, -0.05) is 18.6 Å². The molecule has 0 fully saturated rings. The molecule has 0 saturated heterocycles. The van der Waals surface area contributed by atoms with E-state index in [2.05, 4.69) is 0 Å². The second kappa shape index (κ2) is 5.70.